The van der Waals surface area contributed by atoms with Crippen LogP contribution in [0.3, 0.4) is 0 Å². The SMILES string of the molecule is Cc1c(C(N)c2sccc2Cl)cnn1C. The van der Waals surface area contributed by atoms with Gasteiger partial charge in [0, 0.05) is 23.2 Å². The molecule has 0 amide bonds. The van der Waals surface area contributed by atoms with Crippen molar-refractivity contribution in [3.8, 4) is 0 Å². The number of rotatable bonds is 2. The summed E-state index contributed by atoms with van der Waals surface area (Å²) >= 11 is 7.62. The highest BCUT2D eigenvalue weighted by molar-refractivity contribution is 7.10. The second-order valence-electron chi connectivity index (χ2n) is 3.42. The molecule has 5 heteroatoms. The lowest BCUT2D eigenvalue weighted by molar-refractivity contribution is 0.734. The van der Waals surface area contributed by atoms with E-state index in [1.54, 1.807) is 17.5 Å². The molecule has 1 unspecified atom stereocenters. The quantitative estimate of drug-likeness (QED) is 0.878. The topological polar surface area (TPSA) is 43.8 Å². The van der Waals surface area contributed by atoms with Crippen LogP contribution in [-0.4, -0.2) is 9.78 Å². The first-order valence-corrected chi connectivity index (χ1v) is 5.84. The minimum Gasteiger partial charge on any atom is -0.319 e. The molecular weight excluding hydrogens is 230 g/mol. The molecule has 2 aromatic heterocycles. The molecule has 0 radical (unpaired) electrons. The van der Waals surface area contributed by atoms with Crippen molar-refractivity contribution in [2.24, 2.45) is 12.8 Å². The molecule has 0 aliphatic carbocycles. The number of aromatic nitrogens is 2. The van der Waals surface area contributed by atoms with Crippen LogP contribution in [0.2, 0.25) is 5.02 Å². The molecule has 15 heavy (non-hydrogen) atoms. The molecular formula is C10H12ClN3S. The van der Waals surface area contributed by atoms with Gasteiger partial charge in [0.15, 0.2) is 0 Å². The van der Waals surface area contributed by atoms with E-state index in [0.717, 1.165) is 21.2 Å². The molecule has 2 rings (SSSR count). The molecule has 0 saturated heterocycles. The zero-order valence-corrected chi connectivity index (χ0v) is 10.1. The molecule has 0 spiro atoms. The summed E-state index contributed by atoms with van der Waals surface area (Å²) in [7, 11) is 1.90. The smallest absolute Gasteiger partial charge is 0.0694 e. The largest absolute Gasteiger partial charge is 0.319 e. The fourth-order valence-corrected chi connectivity index (χ4v) is 2.68. The number of nitrogens with zero attached hydrogens (tertiary/aromatic N) is 2. The van der Waals surface area contributed by atoms with E-state index in [1.807, 2.05) is 30.1 Å². The first-order valence-electron chi connectivity index (χ1n) is 4.58. The summed E-state index contributed by atoms with van der Waals surface area (Å²) < 4.78 is 1.82. The summed E-state index contributed by atoms with van der Waals surface area (Å²) in [5.74, 6) is 0. The van der Waals surface area contributed by atoms with Gasteiger partial charge in [-0.25, -0.2) is 0 Å². The lowest BCUT2D eigenvalue weighted by Gasteiger charge is -2.09. The summed E-state index contributed by atoms with van der Waals surface area (Å²) in [5.41, 5.74) is 8.25. The number of hydrogen-bond donors (Lipinski definition) is 1. The minimum absolute atomic E-state index is 0.175. The molecule has 0 fully saturated rings. The van der Waals surface area contributed by atoms with Gasteiger partial charge in [0.1, 0.15) is 0 Å². The highest BCUT2D eigenvalue weighted by Crippen LogP contribution is 2.32. The van der Waals surface area contributed by atoms with E-state index >= 15 is 0 Å². The van der Waals surface area contributed by atoms with Gasteiger partial charge in [-0.1, -0.05) is 11.6 Å². The van der Waals surface area contributed by atoms with Crippen molar-refractivity contribution < 1.29 is 0 Å². The Morgan fingerprint density at radius 2 is 2.33 bits per heavy atom. The Balaban J connectivity index is 2.41. The van der Waals surface area contributed by atoms with Crippen molar-refractivity contribution in [3.63, 3.8) is 0 Å². The average molecular weight is 242 g/mol. The normalized spacial score (nSPS) is 13.1. The second kappa shape index (κ2) is 3.96. The molecule has 80 valence electrons. The standard InChI is InChI=1S/C10H12ClN3S/c1-6-7(5-13-14(6)2)9(12)10-8(11)3-4-15-10/h3-5,9H,12H2,1-2H3. The van der Waals surface area contributed by atoms with Gasteiger partial charge in [0.25, 0.3) is 0 Å². The summed E-state index contributed by atoms with van der Waals surface area (Å²) in [5, 5.41) is 6.85. The monoisotopic (exact) mass is 241 g/mol. The van der Waals surface area contributed by atoms with Crippen LogP contribution in [0.5, 0.6) is 0 Å². The Morgan fingerprint density at radius 1 is 1.60 bits per heavy atom. The number of thiophene rings is 1. The number of hydrogen-bond acceptors (Lipinski definition) is 3. The first-order chi connectivity index (χ1) is 7.11. The van der Waals surface area contributed by atoms with Crippen molar-refractivity contribution in [2.75, 3.05) is 0 Å². The van der Waals surface area contributed by atoms with E-state index in [1.165, 1.54) is 0 Å². The Hall–Kier alpha value is -0.840. The lowest BCUT2D eigenvalue weighted by Crippen LogP contribution is -2.11. The van der Waals surface area contributed by atoms with Gasteiger partial charge in [-0.2, -0.15) is 5.10 Å². The second-order valence-corrected chi connectivity index (χ2v) is 4.77. The first kappa shape index (κ1) is 10.7. The maximum absolute atomic E-state index is 6.15. The Labute approximate surface area is 97.5 Å². The molecule has 0 saturated carbocycles. The summed E-state index contributed by atoms with van der Waals surface area (Å²) in [4.78, 5) is 0.993. The van der Waals surface area contributed by atoms with Crippen LogP contribution in [0.25, 0.3) is 0 Å². The van der Waals surface area contributed by atoms with E-state index in [0.29, 0.717) is 0 Å². The fourth-order valence-electron chi connectivity index (χ4n) is 1.49. The third-order valence-electron chi connectivity index (χ3n) is 2.54. The maximum atomic E-state index is 6.15. The van der Waals surface area contributed by atoms with Crippen LogP contribution < -0.4 is 5.73 Å². The number of aryl methyl sites for hydroxylation is 1. The molecule has 2 heterocycles. The summed E-state index contributed by atoms with van der Waals surface area (Å²) in [6.07, 6.45) is 1.80. The zero-order chi connectivity index (χ0) is 11.0. The van der Waals surface area contributed by atoms with Crippen molar-refractivity contribution in [1.82, 2.24) is 9.78 Å². The molecule has 0 aliphatic rings. The third-order valence-corrected chi connectivity index (χ3v) is 3.98. The summed E-state index contributed by atoms with van der Waals surface area (Å²) in [6, 6.07) is 1.69. The molecule has 0 bridgehead atoms. The van der Waals surface area contributed by atoms with Gasteiger partial charge in [0.2, 0.25) is 0 Å². The average Bonchev–Trinajstić information content (AvgIpc) is 2.75. The molecule has 3 nitrogen and oxygen atoms in total. The predicted octanol–water partition coefficient (Wildman–Crippen LogP) is 2.49. The lowest BCUT2D eigenvalue weighted by atomic mass is 10.1. The fraction of sp³-hybridized carbons (Fsp3) is 0.300. The molecule has 2 aromatic rings. The molecule has 0 aromatic carbocycles. The van der Waals surface area contributed by atoms with Gasteiger partial charge in [-0.3, -0.25) is 4.68 Å². The van der Waals surface area contributed by atoms with Crippen LogP contribution in [-0.2, 0) is 7.05 Å². The molecule has 2 N–H and O–H groups in total. The van der Waals surface area contributed by atoms with Gasteiger partial charge in [-0.05, 0) is 18.4 Å². The Bertz CT molecular complexity index is 475. The minimum atomic E-state index is -0.175. The Kier molecular flexibility index (Phi) is 2.82. The van der Waals surface area contributed by atoms with Crippen LogP contribution in [0.15, 0.2) is 17.6 Å². The van der Waals surface area contributed by atoms with Crippen molar-refractivity contribution in [3.05, 3.63) is 38.8 Å². The van der Waals surface area contributed by atoms with E-state index in [9.17, 15) is 0 Å². The van der Waals surface area contributed by atoms with Crippen molar-refractivity contribution >= 4 is 22.9 Å². The maximum Gasteiger partial charge on any atom is 0.0694 e. The molecule has 1 atom stereocenters. The van der Waals surface area contributed by atoms with Crippen LogP contribution >= 0.6 is 22.9 Å². The predicted molar refractivity (Wildman–Crippen MR) is 63.3 cm³/mol. The number of halogens is 1. The highest BCUT2D eigenvalue weighted by atomic mass is 35.5. The number of nitrogens with two attached hydrogens (primary N) is 1. The van der Waals surface area contributed by atoms with Crippen LogP contribution in [0, 0.1) is 6.92 Å². The molecule has 0 aliphatic heterocycles. The third kappa shape index (κ3) is 1.80. The van der Waals surface area contributed by atoms with Crippen LogP contribution in [0.4, 0.5) is 0 Å². The summed E-state index contributed by atoms with van der Waals surface area (Å²) in [6.45, 7) is 2.00. The zero-order valence-electron chi connectivity index (χ0n) is 8.57. The van der Waals surface area contributed by atoms with Crippen LogP contribution in [0.1, 0.15) is 22.2 Å². The van der Waals surface area contributed by atoms with Gasteiger partial charge in [0.05, 0.1) is 17.3 Å². The van der Waals surface area contributed by atoms with E-state index in [-0.39, 0.29) is 6.04 Å². The van der Waals surface area contributed by atoms with Gasteiger partial charge in [-0.15, -0.1) is 11.3 Å². The highest BCUT2D eigenvalue weighted by Gasteiger charge is 2.17. The van der Waals surface area contributed by atoms with Gasteiger partial charge >= 0.3 is 0 Å². The van der Waals surface area contributed by atoms with Crippen molar-refractivity contribution in [2.45, 2.75) is 13.0 Å². The van der Waals surface area contributed by atoms with Gasteiger partial charge < -0.3 is 5.73 Å². The van der Waals surface area contributed by atoms with E-state index in [4.69, 9.17) is 17.3 Å². The van der Waals surface area contributed by atoms with E-state index in [2.05, 4.69) is 5.10 Å². The Morgan fingerprint density at radius 3 is 2.80 bits per heavy atom. The van der Waals surface area contributed by atoms with Crippen molar-refractivity contribution in [1.29, 1.82) is 0 Å². The van der Waals surface area contributed by atoms with E-state index < -0.39 is 0 Å².